The number of piperidine rings is 1. The van der Waals surface area contributed by atoms with E-state index in [9.17, 15) is 13.2 Å². The Kier molecular flexibility index (Phi) is 7.14. The summed E-state index contributed by atoms with van der Waals surface area (Å²) in [5.74, 6) is 1.79. The second-order valence-corrected chi connectivity index (χ2v) is 11.3. The van der Waals surface area contributed by atoms with Crippen LogP contribution in [0.5, 0.6) is 0 Å². The van der Waals surface area contributed by atoms with E-state index in [0.717, 1.165) is 50.3 Å². The molecule has 2 heterocycles. The van der Waals surface area contributed by atoms with E-state index >= 15 is 0 Å². The number of fused-ring (bicyclic) bond motifs is 1. The minimum absolute atomic E-state index is 0.250. The molecular formula is C24H36N2O3S. The van der Waals surface area contributed by atoms with Crippen LogP contribution in [0.25, 0.3) is 0 Å². The molecule has 1 aliphatic carbocycles. The van der Waals surface area contributed by atoms with Crippen LogP contribution in [-0.4, -0.2) is 49.7 Å². The van der Waals surface area contributed by atoms with Gasteiger partial charge in [-0.25, -0.2) is 8.42 Å². The molecule has 3 fully saturated rings. The zero-order valence-electron chi connectivity index (χ0n) is 18.1. The SMILES string of the molecule is O=C(CCc1ccc(S(=O)(=O)N2CCCCCC2)cc1)N1CCC2CCCCC2C1. The van der Waals surface area contributed by atoms with Gasteiger partial charge in [-0.1, -0.05) is 44.2 Å². The van der Waals surface area contributed by atoms with Gasteiger partial charge in [-0.05, 0) is 61.6 Å². The number of rotatable bonds is 5. The van der Waals surface area contributed by atoms with E-state index < -0.39 is 10.0 Å². The summed E-state index contributed by atoms with van der Waals surface area (Å²) in [5.41, 5.74) is 1.03. The first-order chi connectivity index (χ1) is 14.5. The second-order valence-electron chi connectivity index (χ2n) is 9.40. The maximum absolute atomic E-state index is 12.9. The van der Waals surface area contributed by atoms with Crippen molar-refractivity contribution >= 4 is 15.9 Å². The van der Waals surface area contributed by atoms with Gasteiger partial charge in [0.2, 0.25) is 15.9 Å². The predicted molar refractivity (Wildman–Crippen MR) is 119 cm³/mol. The number of hydrogen-bond donors (Lipinski definition) is 0. The van der Waals surface area contributed by atoms with Crippen LogP contribution in [-0.2, 0) is 21.2 Å². The highest BCUT2D eigenvalue weighted by Crippen LogP contribution is 2.36. The number of aryl methyl sites for hydroxylation is 1. The number of carbonyl (C=O) groups excluding carboxylic acids is 1. The van der Waals surface area contributed by atoms with E-state index in [2.05, 4.69) is 4.90 Å². The third-order valence-electron chi connectivity index (χ3n) is 7.40. The second kappa shape index (κ2) is 9.82. The first kappa shape index (κ1) is 21.8. The van der Waals surface area contributed by atoms with E-state index in [1.54, 1.807) is 16.4 Å². The number of likely N-dealkylation sites (tertiary alicyclic amines) is 1. The molecule has 0 bridgehead atoms. The third-order valence-corrected chi connectivity index (χ3v) is 9.31. The first-order valence-corrected chi connectivity index (χ1v) is 13.3. The molecule has 30 heavy (non-hydrogen) atoms. The molecule has 1 amide bonds. The number of hydrogen-bond acceptors (Lipinski definition) is 3. The van der Waals surface area contributed by atoms with Gasteiger partial charge in [-0.2, -0.15) is 4.31 Å². The van der Waals surface area contributed by atoms with Crippen molar-refractivity contribution in [1.82, 2.24) is 9.21 Å². The fourth-order valence-corrected chi connectivity index (χ4v) is 7.01. The highest BCUT2D eigenvalue weighted by molar-refractivity contribution is 7.89. The average molecular weight is 433 g/mol. The summed E-state index contributed by atoms with van der Waals surface area (Å²) in [5, 5.41) is 0. The summed E-state index contributed by atoms with van der Waals surface area (Å²) in [4.78, 5) is 15.2. The van der Waals surface area contributed by atoms with E-state index in [0.29, 0.717) is 36.7 Å². The van der Waals surface area contributed by atoms with Gasteiger partial charge in [0, 0.05) is 32.6 Å². The van der Waals surface area contributed by atoms with Crippen LogP contribution in [0.15, 0.2) is 29.2 Å². The fourth-order valence-electron chi connectivity index (χ4n) is 5.50. The highest BCUT2D eigenvalue weighted by atomic mass is 32.2. The maximum Gasteiger partial charge on any atom is 0.243 e. The Morgan fingerprint density at radius 2 is 1.50 bits per heavy atom. The van der Waals surface area contributed by atoms with E-state index in [1.165, 1.54) is 32.1 Å². The molecule has 6 heteroatoms. The Bertz CT molecular complexity index is 813. The molecule has 2 aliphatic heterocycles. The van der Waals surface area contributed by atoms with Gasteiger partial charge in [-0.3, -0.25) is 4.79 Å². The van der Waals surface area contributed by atoms with E-state index in [4.69, 9.17) is 0 Å². The van der Waals surface area contributed by atoms with Gasteiger partial charge < -0.3 is 4.90 Å². The molecular weight excluding hydrogens is 396 g/mol. The monoisotopic (exact) mass is 432 g/mol. The summed E-state index contributed by atoms with van der Waals surface area (Å²) < 4.78 is 27.4. The smallest absolute Gasteiger partial charge is 0.243 e. The van der Waals surface area contributed by atoms with Crippen LogP contribution in [0, 0.1) is 11.8 Å². The summed E-state index contributed by atoms with van der Waals surface area (Å²) in [6.45, 7) is 3.09. The quantitative estimate of drug-likeness (QED) is 0.700. The number of benzene rings is 1. The van der Waals surface area contributed by atoms with Crippen LogP contribution in [0.3, 0.4) is 0 Å². The molecule has 2 atom stereocenters. The Balaban J connectivity index is 1.31. The van der Waals surface area contributed by atoms with Crippen LogP contribution in [0.2, 0.25) is 0 Å². The standard InChI is InChI=1S/C24H36N2O3S/c27-24(25-18-15-21-7-3-4-8-22(21)19-25)14-11-20-9-12-23(13-10-20)30(28,29)26-16-5-1-2-6-17-26/h9-10,12-13,21-22H,1-8,11,14-19H2. The van der Waals surface area contributed by atoms with Gasteiger partial charge in [-0.15, -0.1) is 0 Å². The van der Waals surface area contributed by atoms with Crippen molar-refractivity contribution in [1.29, 1.82) is 0 Å². The largest absolute Gasteiger partial charge is 0.342 e. The molecule has 1 aromatic rings. The van der Waals surface area contributed by atoms with Gasteiger partial charge in [0.1, 0.15) is 0 Å². The van der Waals surface area contributed by atoms with Crippen molar-refractivity contribution in [2.45, 2.75) is 75.5 Å². The molecule has 0 aromatic heterocycles. The van der Waals surface area contributed by atoms with Crippen molar-refractivity contribution in [2.75, 3.05) is 26.2 Å². The first-order valence-electron chi connectivity index (χ1n) is 11.9. The molecule has 5 nitrogen and oxygen atoms in total. The van der Waals surface area contributed by atoms with E-state index in [1.807, 2.05) is 12.1 Å². The van der Waals surface area contributed by atoms with Crippen LogP contribution >= 0.6 is 0 Å². The minimum atomic E-state index is -3.40. The summed E-state index contributed by atoms with van der Waals surface area (Å²) >= 11 is 0. The Morgan fingerprint density at radius 3 is 2.20 bits per heavy atom. The maximum atomic E-state index is 12.9. The van der Waals surface area contributed by atoms with Crippen molar-refractivity contribution in [3.63, 3.8) is 0 Å². The van der Waals surface area contributed by atoms with Crippen molar-refractivity contribution in [3.05, 3.63) is 29.8 Å². The molecule has 2 unspecified atom stereocenters. The normalized spacial score (nSPS) is 26.1. The number of nitrogens with zero attached hydrogens (tertiary/aromatic N) is 2. The minimum Gasteiger partial charge on any atom is -0.342 e. The van der Waals surface area contributed by atoms with Crippen LogP contribution < -0.4 is 0 Å². The molecule has 1 aromatic carbocycles. The molecule has 0 N–H and O–H groups in total. The highest BCUT2D eigenvalue weighted by Gasteiger charge is 2.32. The average Bonchev–Trinajstić information content (AvgIpc) is 3.08. The topological polar surface area (TPSA) is 57.7 Å². The molecule has 2 saturated heterocycles. The predicted octanol–water partition coefficient (Wildman–Crippen LogP) is 4.22. The molecule has 1 saturated carbocycles. The van der Waals surface area contributed by atoms with Crippen molar-refractivity contribution < 1.29 is 13.2 Å². The summed E-state index contributed by atoms with van der Waals surface area (Å²) in [6, 6.07) is 7.19. The summed E-state index contributed by atoms with van der Waals surface area (Å²) in [7, 11) is -3.40. The lowest BCUT2D eigenvalue weighted by Gasteiger charge is -2.41. The van der Waals surface area contributed by atoms with Gasteiger partial charge in [0.05, 0.1) is 4.90 Å². The van der Waals surface area contributed by atoms with Gasteiger partial charge in [0.15, 0.2) is 0 Å². The van der Waals surface area contributed by atoms with Crippen LogP contribution in [0.1, 0.15) is 69.8 Å². The molecule has 4 rings (SSSR count). The Labute approximate surface area is 181 Å². The van der Waals surface area contributed by atoms with Crippen molar-refractivity contribution in [3.8, 4) is 0 Å². The zero-order valence-corrected chi connectivity index (χ0v) is 18.9. The molecule has 0 radical (unpaired) electrons. The Morgan fingerprint density at radius 1 is 0.833 bits per heavy atom. The van der Waals surface area contributed by atoms with Gasteiger partial charge in [0.25, 0.3) is 0 Å². The van der Waals surface area contributed by atoms with E-state index in [-0.39, 0.29) is 5.91 Å². The van der Waals surface area contributed by atoms with Gasteiger partial charge >= 0.3 is 0 Å². The molecule has 166 valence electrons. The number of sulfonamides is 1. The lowest BCUT2D eigenvalue weighted by Crippen LogP contribution is -2.44. The lowest BCUT2D eigenvalue weighted by molar-refractivity contribution is -0.134. The molecule has 3 aliphatic rings. The zero-order chi connectivity index (χ0) is 21.0. The molecule has 0 spiro atoms. The summed E-state index contributed by atoms with van der Waals surface area (Å²) in [6.07, 6.45) is 11.8. The third kappa shape index (κ3) is 5.08. The van der Waals surface area contributed by atoms with Crippen LogP contribution in [0.4, 0.5) is 0 Å². The lowest BCUT2D eigenvalue weighted by atomic mass is 9.75. The number of amides is 1. The van der Waals surface area contributed by atoms with Crippen molar-refractivity contribution in [2.24, 2.45) is 11.8 Å². The Hall–Kier alpha value is -1.40. The fraction of sp³-hybridized carbons (Fsp3) is 0.708. The number of carbonyl (C=O) groups is 1.